The Morgan fingerprint density at radius 2 is 2.06 bits per heavy atom. The molecule has 0 aliphatic rings. The second-order valence-electron chi connectivity index (χ2n) is 3.53. The molecule has 0 saturated heterocycles. The number of nitrogens with one attached hydrogen (secondary N) is 1. The van der Waals surface area contributed by atoms with Crippen molar-refractivity contribution >= 4 is 55.0 Å². The van der Waals surface area contributed by atoms with Crippen LogP contribution in [0.15, 0.2) is 14.3 Å². The fraction of sp³-hybridized carbons (Fsp3) is 0.400. The summed E-state index contributed by atoms with van der Waals surface area (Å²) in [6.45, 7) is 0.350. The molecule has 94 valence electrons. The van der Waals surface area contributed by atoms with Gasteiger partial charge >= 0.3 is 0 Å². The average molecular weight is 384 g/mol. The Bertz CT molecular complexity index is 412. The summed E-state index contributed by atoms with van der Waals surface area (Å²) in [6.07, 6.45) is 0.312. The van der Waals surface area contributed by atoms with Crippen LogP contribution in [0.5, 0.6) is 0 Å². The molecule has 0 bridgehead atoms. The van der Waals surface area contributed by atoms with E-state index in [4.69, 9.17) is 0 Å². The molecule has 0 unspecified atom stereocenters. The molecule has 0 radical (unpaired) electrons. The van der Waals surface area contributed by atoms with Crippen molar-refractivity contribution in [3.05, 3.63) is 19.2 Å². The van der Waals surface area contributed by atoms with Crippen molar-refractivity contribution < 1.29 is 9.59 Å². The minimum Gasteiger partial charge on any atom is -0.351 e. The molecule has 0 aromatic carbocycles. The third-order valence-electron chi connectivity index (χ3n) is 1.99. The lowest BCUT2D eigenvalue weighted by molar-refractivity contribution is -0.128. The van der Waals surface area contributed by atoms with Gasteiger partial charge in [-0.2, -0.15) is 0 Å². The second kappa shape index (κ2) is 6.51. The van der Waals surface area contributed by atoms with Crippen LogP contribution in [0.1, 0.15) is 16.1 Å². The van der Waals surface area contributed by atoms with Crippen LogP contribution in [-0.4, -0.2) is 37.4 Å². The fourth-order valence-electron chi connectivity index (χ4n) is 1.05. The molecule has 0 spiro atoms. The number of rotatable bonds is 4. The van der Waals surface area contributed by atoms with Crippen LogP contribution in [0.2, 0.25) is 0 Å². The van der Waals surface area contributed by atoms with Gasteiger partial charge in [-0.3, -0.25) is 9.59 Å². The monoisotopic (exact) mass is 382 g/mol. The zero-order valence-corrected chi connectivity index (χ0v) is 13.4. The predicted octanol–water partition coefficient (Wildman–Crippen LogP) is 2.48. The smallest absolute Gasteiger partial charge is 0.261 e. The van der Waals surface area contributed by atoms with E-state index in [1.165, 1.54) is 16.2 Å². The predicted molar refractivity (Wildman–Crippen MR) is 75.4 cm³/mol. The lowest BCUT2D eigenvalue weighted by Gasteiger charge is -2.09. The lowest BCUT2D eigenvalue weighted by Crippen LogP contribution is -2.29. The summed E-state index contributed by atoms with van der Waals surface area (Å²) in [5.41, 5.74) is 0. The summed E-state index contributed by atoms with van der Waals surface area (Å²) in [6, 6.07) is 1.75. The van der Waals surface area contributed by atoms with Crippen LogP contribution in [0.3, 0.4) is 0 Å². The van der Waals surface area contributed by atoms with Crippen LogP contribution >= 0.6 is 43.2 Å². The lowest BCUT2D eigenvalue weighted by atomic mass is 10.3. The number of halogens is 2. The maximum absolute atomic E-state index is 11.7. The van der Waals surface area contributed by atoms with Gasteiger partial charge in [-0.25, -0.2) is 0 Å². The van der Waals surface area contributed by atoms with Gasteiger partial charge in [0.2, 0.25) is 5.91 Å². The van der Waals surface area contributed by atoms with E-state index in [-0.39, 0.29) is 11.8 Å². The van der Waals surface area contributed by atoms with Gasteiger partial charge in [-0.15, -0.1) is 11.3 Å². The van der Waals surface area contributed by atoms with Crippen molar-refractivity contribution in [2.75, 3.05) is 20.6 Å². The zero-order valence-electron chi connectivity index (χ0n) is 9.42. The fourth-order valence-corrected chi connectivity index (χ4v) is 3.00. The molecule has 0 aliphatic carbocycles. The van der Waals surface area contributed by atoms with Crippen molar-refractivity contribution in [1.29, 1.82) is 0 Å². The van der Waals surface area contributed by atoms with Crippen LogP contribution in [0, 0.1) is 0 Å². The molecule has 1 N–H and O–H groups in total. The Labute approximate surface area is 121 Å². The first-order valence-electron chi connectivity index (χ1n) is 4.85. The van der Waals surface area contributed by atoms with Crippen LogP contribution in [-0.2, 0) is 4.79 Å². The Morgan fingerprint density at radius 1 is 1.41 bits per heavy atom. The molecule has 1 aromatic rings. The van der Waals surface area contributed by atoms with Crippen LogP contribution < -0.4 is 5.32 Å². The molecule has 2 amide bonds. The molecular formula is C10H12Br2N2O2S. The summed E-state index contributed by atoms with van der Waals surface area (Å²) < 4.78 is 1.74. The highest BCUT2D eigenvalue weighted by molar-refractivity contribution is 9.13. The van der Waals surface area contributed by atoms with Crippen LogP contribution in [0.25, 0.3) is 0 Å². The van der Waals surface area contributed by atoms with E-state index < -0.39 is 0 Å². The highest BCUT2D eigenvalue weighted by atomic mass is 79.9. The van der Waals surface area contributed by atoms with Gasteiger partial charge in [0.05, 0.1) is 8.66 Å². The van der Waals surface area contributed by atoms with Crippen molar-refractivity contribution in [2.45, 2.75) is 6.42 Å². The van der Waals surface area contributed by atoms with E-state index in [0.717, 1.165) is 8.26 Å². The minimum atomic E-state index is -0.159. The second-order valence-corrected chi connectivity index (χ2v) is 6.75. The van der Waals surface area contributed by atoms with E-state index in [9.17, 15) is 9.59 Å². The molecule has 1 aromatic heterocycles. The molecule has 0 aliphatic heterocycles. The SMILES string of the molecule is CN(C)C(=O)CCNC(=O)c1cc(Br)c(Br)s1. The first-order chi connectivity index (χ1) is 7.91. The average Bonchev–Trinajstić information content (AvgIpc) is 2.59. The topological polar surface area (TPSA) is 49.4 Å². The van der Waals surface area contributed by atoms with Gasteiger partial charge in [-0.05, 0) is 37.9 Å². The van der Waals surface area contributed by atoms with Gasteiger partial charge in [-0.1, -0.05) is 0 Å². The molecule has 7 heteroatoms. The van der Waals surface area contributed by atoms with Gasteiger partial charge in [0.25, 0.3) is 5.91 Å². The Hall–Kier alpha value is -0.400. The highest BCUT2D eigenvalue weighted by Gasteiger charge is 2.12. The van der Waals surface area contributed by atoms with Crippen molar-refractivity contribution in [1.82, 2.24) is 10.2 Å². The number of thiophene rings is 1. The normalized spacial score (nSPS) is 10.1. The molecule has 4 nitrogen and oxygen atoms in total. The highest BCUT2D eigenvalue weighted by Crippen LogP contribution is 2.32. The van der Waals surface area contributed by atoms with Crippen molar-refractivity contribution in [3.63, 3.8) is 0 Å². The minimum absolute atomic E-state index is 0.00107. The van der Waals surface area contributed by atoms with E-state index >= 15 is 0 Å². The number of carbonyl (C=O) groups excluding carboxylic acids is 2. The number of amides is 2. The van der Waals surface area contributed by atoms with Crippen LogP contribution in [0.4, 0.5) is 0 Å². The Morgan fingerprint density at radius 3 is 2.53 bits per heavy atom. The summed E-state index contributed by atoms with van der Waals surface area (Å²) in [7, 11) is 3.38. The molecule has 17 heavy (non-hydrogen) atoms. The number of carbonyl (C=O) groups is 2. The molecule has 0 saturated carbocycles. The standard InChI is InChI=1S/C10H12Br2N2O2S/c1-14(2)8(15)3-4-13-10(16)7-5-6(11)9(12)17-7/h5H,3-4H2,1-2H3,(H,13,16). The maximum atomic E-state index is 11.7. The van der Waals surface area contributed by atoms with Gasteiger partial charge in [0, 0.05) is 31.5 Å². The third kappa shape index (κ3) is 4.40. The molecule has 1 rings (SSSR count). The summed E-state index contributed by atoms with van der Waals surface area (Å²) in [5, 5.41) is 2.71. The first kappa shape index (κ1) is 14.7. The molecule has 0 fully saturated rings. The number of hydrogen-bond acceptors (Lipinski definition) is 3. The summed E-state index contributed by atoms with van der Waals surface area (Å²) >= 11 is 7.99. The van der Waals surface area contributed by atoms with Gasteiger partial charge in [0.1, 0.15) is 0 Å². The molecular weight excluding hydrogens is 372 g/mol. The number of nitrogens with zero attached hydrogens (tertiary/aromatic N) is 1. The quantitative estimate of drug-likeness (QED) is 0.868. The van der Waals surface area contributed by atoms with E-state index in [1.807, 2.05) is 0 Å². The third-order valence-corrected chi connectivity index (χ3v) is 5.25. The van der Waals surface area contributed by atoms with Gasteiger partial charge < -0.3 is 10.2 Å². The summed E-state index contributed by atoms with van der Waals surface area (Å²) in [5.74, 6) is -0.160. The Balaban J connectivity index is 2.43. The first-order valence-corrected chi connectivity index (χ1v) is 7.25. The maximum Gasteiger partial charge on any atom is 0.261 e. The van der Waals surface area contributed by atoms with Crippen molar-refractivity contribution in [2.24, 2.45) is 0 Å². The van der Waals surface area contributed by atoms with Gasteiger partial charge in [0.15, 0.2) is 0 Å². The molecule has 1 heterocycles. The summed E-state index contributed by atoms with van der Waals surface area (Å²) in [4.78, 5) is 25.1. The van der Waals surface area contributed by atoms with E-state index in [1.54, 1.807) is 20.2 Å². The van der Waals surface area contributed by atoms with E-state index in [0.29, 0.717) is 17.8 Å². The largest absolute Gasteiger partial charge is 0.351 e. The zero-order chi connectivity index (χ0) is 13.0. The van der Waals surface area contributed by atoms with E-state index in [2.05, 4.69) is 37.2 Å². The van der Waals surface area contributed by atoms with Crippen molar-refractivity contribution in [3.8, 4) is 0 Å². The molecule has 0 atom stereocenters. The Kier molecular flexibility index (Phi) is 5.61. The number of hydrogen-bond donors (Lipinski definition) is 1.